The Hall–Kier alpha value is -2.11. The molecule has 120 valence electrons. The van der Waals surface area contributed by atoms with E-state index in [0.29, 0.717) is 11.9 Å². The zero-order chi connectivity index (χ0) is 16.3. The number of anilines is 2. The zero-order valence-electron chi connectivity index (χ0n) is 14.4. The lowest BCUT2D eigenvalue weighted by Gasteiger charge is -2.19. The number of aromatic amines is 1. The Morgan fingerprint density at radius 1 is 1.00 bits per heavy atom. The van der Waals surface area contributed by atoms with Crippen LogP contribution >= 0.6 is 0 Å². The molecule has 0 amide bonds. The monoisotopic (exact) mass is 302 g/mol. The lowest BCUT2D eigenvalue weighted by atomic mass is 9.99. The SMILES string of the molecule is CCC(Cc1ccc(C)[nH]1)c1nc(N(C)C)nc(N(C)C)n1. The molecule has 1 atom stereocenters. The molecule has 0 aromatic carbocycles. The van der Waals surface area contributed by atoms with Gasteiger partial charge < -0.3 is 14.8 Å². The predicted molar refractivity (Wildman–Crippen MR) is 90.7 cm³/mol. The van der Waals surface area contributed by atoms with Gasteiger partial charge in [0.1, 0.15) is 5.82 Å². The molecule has 1 N–H and O–H groups in total. The number of aryl methyl sites for hydroxylation is 1. The van der Waals surface area contributed by atoms with Crippen LogP contribution in [0.4, 0.5) is 11.9 Å². The molecule has 2 aromatic rings. The number of hydrogen-bond acceptors (Lipinski definition) is 5. The van der Waals surface area contributed by atoms with Crippen LogP contribution in [0.25, 0.3) is 0 Å². The summed E-state index contributed by atoms with van der Waals surface area (Å²) >= 11 is 0. The molecule has 2 aromatic heterocycles. The van der Waals surface area contributed by atoms with Gasteiger partial charge in [-0.2, -0.15) is 15.0 Å². The molecule has 0 saturated carbocycles. The fourth-order valence-electron chi connectivity index (χ4n) is 2.32. The van der Waals surface area contributed by atoms with E-state index < -0.39 is 0 Å². The maximum atomic E-state index is 4.65. The molecule has 22 heavy (non-hydrogen) atoms. The first-order valence-corrected chi connectivity index (χ1v) is 7.65. The van der Waals surface area contributed by atoms with E-state index in [-0.39, 0.29) is 5.92 Å². The second kappa shape index (κ2) is 6.77. The summed E-state index contributed by atoms with van der Waals surface area (Å²) in [4.78, 5) is 21.0. The number of hydrogen-bond donors (Lipinski definition) is 1. The van der Waals surface area contributed by atoms with Crippen molar-refractivity contribution < 1.29 is 0 Å². The van der Waals surface area contributed by atoms with Gasteiger partial charge in [-0.25, -0.2) is 0 Å². The average Bonchev–Trinajstić information content (AvgIpc) is 2.89. The van der Waals surface area contributed by atoms with E-state index in [1.165, 1.54) is 11.4 Å². The minimum Gasteiger partial charge on any atom is -0.362 e. The molecule has 0 radical (unpaired) electrons. The summed E-state index contributed by atoms with van der Waals surface area (Å²) in [5.41, 5.74) is 2.41. The highest BCUT2D eigenvalue weighted by atomic mass is 15.3. The third kappa shape index (κ3) is 3.75. The maximum Gasteiger partial charge on any atom is 0.229 e. The summed E-state index contributed by atoms with van der Waals surface area (Å²) in [6.45, 7) is 4.25. The summed E-state index contributed by atoms with van der Waals surface area (Å²) < 4.78 is 0. The Morgan fingerprint density at radius 3 is 2.00 bits per heavy atom. The van der Waals surface area contributed by atoms with Gasteiger partial charge in [0.2, 0.25) is 11.9 Å². The van der Waals surface area contributed by atoms with E-state index >= 15 is 0 Å². The van der Waals surface area contributed by atoms with Gasteiger partial charge in [-0.3, -0.25) is 0 Å². The van der Waals surface area contributed by atoms with E-state index in [2.05, 4.69) is 45.9 Å². The summed E-state index contributed by atoms with van der Waals surface area (Å²) in [5, 5.41) is 0. The third-order valence-electron chi connectivity index (χ3n) is 3.65. The molecule has 0 aliphatic heterocycles. The van der Waals surface area contributed by atoms with Crippen LogP contribution in [0.15, 0.2) is 12.1 Å². The summed E-state index contributed by atoms with van der Waals surface area (Å²) in [7, 11) is 7.81. The minimum absolute atomic E-state index is 0.276. The fourth-order valence-corrected chi connectivity index (χ4v) is 2.32. The van der Waals surface area contributed by atoms with E-state index in [1.54, 1.807) is 0 Å². The summed E-state index contributed by atoms with van der Waals surface area (Å²) in [6, 6.07) is 4.24. The van der Waals surface area contributed by atoms with Crippen molar-refractivity contribution in [1.29, 1.82) is 0 Å². The minimum atomic E-state index is 0.276. The zero-order valence-corrected chi connectivity index (χ0v) is 14.4. The smallest absolute Gasteiger partial charge is 0.229 e. The number of rotatable bonds is 6. The molecule has 2 rings (SSSR count). The van der Waals surface area contributed by atoms with E-state index in [9.17, 15) is 0 Å². The van der Waals surface area contributed by atoms with Crippen LogP contribution < -0.4 is 9.80 Å². The van der Waals surface area contributed by atoms with Crippen molar-refractivity contribution in [3.05, 3.63) is 29.3 Å². The van der Waals surface area contributed by atoms with Crippen molar-refractivity contribution in [1.82, 2.24) is 19.9 Å². The molecular weight excluding hydrogens is 276 g/mol. The number of aromatic nitrogens is 4. The predicted octanol–water partition coefficient (Wildman–Crippen LogP) is 2.38. The molecular formula is C16H26N6. The lowest BCUT2D eigenvalue weighted by Crippen LogP contribution is -2.21. The molecule has 0 bridgehead atoms. The highest BCUT2D eigenvalue weighted by Gasteiger charge is 2.18. The van der Waals surface area contributed by atoms with Crippen LogP contribution in [0.1, 0.15) is 36.5 Å². The standard InChI is InChI=1S/C16H26N6/c1-7-12(10-13-9-8-11(2)17-13)14-18-15(21(3)4)20-16(19-14)22(5)6/h8-9,12,17H,7,10H2,1-6H3. The molecule has 6 heteroatoms. The highest BCUT2D eigenvalue weighted by Crippen LogP contribution is 2.23. The molecule has 0 aliphatic rings. The number of nitrogens with zero attached hydrogens (tertiary/aromatic N) is 5. The highest BCUT2D eigenvalue weighted by molar-refractivity contribution is 5.37. The number of nitrogens with one attached hydrogen (secondary N) is 1. The fraction of sp³-hybridized carbons (Fsp3) is 0.562. The van der Waals surface area contributed by atoms with Gasteiger partial charge >= 0.3 is 0 Å². The van der Waals surface area contributed by atoms with E-state index in [1.807, 2.05) is 38.0 Å². The van der Waals surface area contributed by atoms with Crippen molar-refractivity contribution in [2.75, 3.05) is 38.0 Å². The van der Waals surface area contributed by atoms with E-state index in [0.717, 1.165) is 18.7 Å². The Kier molecular flexibility index (Phi) is 5.00. The van der Waals surface area contributed by atoms with Gasteiger partial charge in [0.15, 0.2) is 0 Å². The van der Waals surface area contributed by atoms with Gasteiger partial charge in [-0.1, -0.05) is 6.92 Å². The van der Waals surface area contributed by atoms with Gasteiger partial charge in [0.05, 0.1) is 0 Å². The van der Waals surface area contributed by atoms with Crippen LogP contribution in [0.2, 0.25) is 0 Å². The first kappa shape index (κ1) is 16.3. The topological polar surface area (TPSA) is 60.9 Å². The molecule has 1 unspecified atom stereocenters. The van der Waals surface area contributed by atoms with Gasteiger partial charge in [0, 0.05) is 45.5 Å². The van der Waals surface area contributed by atoms with Gasteiger partial charge in [-0.15, -0.1) is 0 Å². The number of H-pyrrole nitrogens is 1. The maximum absolute atomic E-state index is 4.65. The van der Waals surface area contributed by atoms with Crippen molar-refractivity contribution in [2.45, 2.75) is 32.6 Å². The molecule has 0 spiro atoms. The largest absolute Gasteiger partial charge is 0.362 e. The lowest BCUT2D eigenvalue weighted by molar-refractivity contribution is 0.604. The van der Waals surface area contributed by atoms with Crippen molar-refractivity contribution >= 4 is 11.9 Å². The summed E-state index contributed by atoms with van der Waals surface area (Å²) in [5.74, 6) is 2.54. The van der Waals surface area contributed by atoms with Crippen molar-refractivity contribution in [3.8, 4) is 0 Å². The first-order chi connectivity index (χ1) is 10.4. The molecule has 2 heterocycles. The first-order valence-electron chi connectivity index (χ1n) is 7.65. The quantitative estimate of drug-likeness (QED) is 0.887. The molecule has 6 nitrogen and oxygen atoms in total. The summed E-state index contributed by atoms with van der Waals surface area (Å²) in [6.07, 6.45) is 1.90. The van der Waals surface area contributed by atoms with Crippen LogP contribution in [-0.2, 0) is 6.42 Å². The second-order valence-corrected chi connectivity index (χ2v) is 6.06. The van der Waals surface area contributed by atoms with Crippen molar-refractivity contribution in [3.63, 3.8) is 0 Å². The van der Waals surface area contributed by atoms with Crippen molar-refractivity contribution in [2.24, 2.45) is 0 Å². The molecule has 0 aliphatic carbocycles. The Morgan fingerprint density at radius 2 is 1.59 bits per heavy atom. The molecule has 0 fully saturated rings. The van der Waals surface area contributed by atoms with Gasteiger partial charge in [-0.05, 0) is 31.9 Å². The Labute approximate surface area is 132 Å². The Bertz CT molecular complexity index is 591. The second-order valence-electron chi connectivity index (χ2n) is 6.06. The average molecular weight is 302 g/mol. The van der Waals surface area contributed by atoms with Crippen LogP contribution in [0.3, 0.4) is 0 Å². The van der Waals surface area contributed by atoms with Crippen LogP contribution in [0.5, 0.6) is 0 Å². The normalized spacial score (nSPS) is 12.3. The molecule has 0 saturated heterocycles. The third-order valence-corrected chi connectivity index (χ3v) is 3.65. The van der Waals surface area contributed by atoms with E-state index in [4.69, 9.17) is 0 Å². The van der Waals surface area contributed by atoms with Crippen LogP contribution in [-0.4, -0.2) is 48.1 Å². The van der Waals surface area contributed by atoms with Crippen LogP contribution in [0, 0.1) is 6.92 Å². The Balaban J connectivity index is 2.34. The van der Waals surface area contributed by atoms with Gasteiger partial charge in [0.25, 0.3) is 0 Å².